The van der Waals surface area contributed by atoms with Crippen molar-refractivity contribution in [1.82, 2.24) is 4.98 Å². The zero-order valence-corrected chi connectivity index (χ0v) is 19.0. The summed E-state index contributed by atoms with van der Waals surface area (Å²) in [6.07, 6.45) is -0.958. The molecule has 0 aliphatic carbocycles. The first kappa shape index (κ1) is 20.8. The Morgan fingerprint density at radius 3 is 2.38 bits per heavy atom. The first-order valence-corrected chi connectivity index (χ1v) is 11.4. The molecule has 3 atom stereocenters. The molecule has 7 heteroatoms. The van der Waals surface area contributed by atoms with Gasteiger partial charge in [-0.15, -0.1) is 0 Å². The lowest BCUT2D eigenvalue weighted by Gasteiger charge is -2.29. The second-order valence-electron chi connectivity index (χ2n) is 8.52. The van der Waals surface area contributed by atoms with Gasteiger partial charge in [0.05, 0.1) is 22.9 Å². The highest BCUT2D eigenvalue weighted by Crippen LogP contribution is 2.49. The molecule has 0 N–H and O–H groups in total. The van der Waals surface area contributed by atoms with E-state index in [0.717, 1.165) is 22.2 Å². The van der Waals surface area contributed by atoms with Gasteiger partial charge in [-0.2, -0.15) is 0 Å². The van der Waals surface area contributed by atoms with E-state index >= 15 is 0 Å². The predicted molar refractivity (Wildman–Crippen MR) is 130 cm³/mol. The molecule has 0 saturated carbocycles. The Labute approximate surface area is 201 Å². The minimum Gasteiger partial charge on any atom is -0.273 e. The number of fused-ring (bicyclic) bond motifs is 2. The normalized spacial score (nSPS) is 22.0. The molecule has 34 heavy (non-hydrogen) atoms. The average molecular weight is 470 g/mol. The van der Waals surface area contributed by atoms with E-state index in [4.69, 9.17) is 16.4 Å². The van der Waals surface area contributed by atoms with Crippen LogP contribution in [0.5, 0.6) is 0 Å². The predicted octanol–water partition coefficient (Wildman–Crippen LogP) is 5.25. The molecule has 168 valence electrons. The highest BCUT2D eigenvalue weighted by atomic mass is 35.5. The van der Waals surface area contributed by atoms with E-state index in [1.807, 2.05) is 85.8 Å². The molecule has 3 heterocycles. The summed E-state index contributed by atoms with van der Waals surface area (Å²) in [4.78, 5) is 39.4. The van der Waals surface area contributed by atoms with E-state index in [9.17, 15) is 9.59 Å². The Bertz CT molecular complexity index is 1440. The highest BCUT2D eigenvalue weighted by Gasteiger charge is 2.60. The number of pyridine rings is 1. The van der Waals surface area contributed by atoms with Crippen LogP contribution in [0, 0.1) is 12.8 Å². The van der Waals surface area contributed by atoms with Crippen molar-refractivity contribution in [2.75, 3.05) is 9.96 Å². The van der Waals surface area contributed by atoms with E-state index in [2.05, 4.69) is 4.98 Å². The third kappa shape index (κ3) is 3.10. The SMILES string of the molecule is Cc1ccccc1N1C(=O)[C@@H]2[C@H](ON(c3ccccc3)[C@H]2c2cc3ccccc3nc2Cl)C1=O. The molecule has 2 aliphatic heterocycles. The number of hydrogen-bond acceptors (Lipinski definition) is 5. The van der Waals surface area contributed by atoms with Gasteiger partial charge in [-0.3, -0.25) is 14.4 Å². The Kier molecular flexibility index (Phi) is 4.86. The number of rotatable bonds is 3. The number of hydrogen-bond donors (Lipinski definition) is 0. The lowest BCUT2D eigenvalue weighted by atomic mass is 9.90. The van der Waals surface area contributed by atoms with Crippen molar-refractivity contribution < 1.29 is 14.4 Å². The molecular formula is C27H20ClN3O3. The molecule has 2 saturated heterocycles. The number of nitrogens with zero attached hydrogens (tertiary/aromatic N) is 3. The maximum absolute atomic E-state index is 13.8. The molecule has 0 radical (unpaired) electrons. The first-order valence-electron chi connectivity index (χ1n) is 11.0. The van der Waals surface area contributed by atoms with Crippen LogP contribution in [0.1, 0.15) is 17.2 Å². The minimum absolute atomic E-state index is 0.281. The van der Waals surface area contributed by atoms with Gasteiger partial charge in [0.25, 0.3) is 5.91 Å². The van der Waals surface area contributed by atoms with E-state index in [-0.39, 0.29) is 17.0 Å². The summed E-state index contributed by atoms with van der Waals surface area (Å²) in [5.74, 6) is -1.46. The van der Waals surface area contributed by atoms with Crippen molar-refractivity contribution in [3.63, 3.8) is 0 Å². The van der Waals surface area contributed by atoms with Crippen molar-refractivity contribution in [2.24, 2.45) is 5.92 Å². The average Bonchev–Trinajstić information content (AvgIpc) is 3.35. The van der Waals surface area contributed by atoms with Crippen LogP contribution in [-0.4, -0.2) is 22.9 Å². The van der Waals surface area contributed by atoms with Gasteiger partial charge in [0, 0.05) is 10.9 Å². The van der Waals surface area contributed by atoms with E-state index in [1.165, 1.54) is 4.90 Å². The number of amides is 2. The Hall–Kier alpha value is -3.74. The molecule has 1 aromatic heterocycles. The summed E-state index contributed by atoms with van der Waals surface area (Å²) >= 11 is 6.69. The van der Waals surface area contributed by atoms with E-state index in [0.29, 0.717) is 11.3 Å². The fourth-order valence-electron chi connectivity index (χ4n) is 4.90. The number of para-hydroxylation sites is 3. The number of imide groups is 1. The molecule has 2 amide bonds. The van der Waals surface area contributed by atoms with Gasteiger partial charge >= 0.3 is 0 Å². The van der Waals surface area contributed by atoms with Crippen molar-refractivity contribution in [2.45, 2.75) is 19.1 Å². The van der Waals surface area contributed by atoms with Gasteiger partial charge in [-0.1, -0.05) is 66.2 Å². The van der Waals surface area contributed by atoms with Crippen molar-refractivity contribution in [3.05, 3.63) is 101 Å². The molecule has 6 nitrogen and oxygen atoms in total. The minimum atomic E-state index is -0.958. The molecule has 0 bridgehead atoms. The maximum atomic E-state index is 13.8. The zero-order chi connectivity index (χ0) is 23.4. The molecule has 6 rings (SSSR count). The summed E-state index contributed by atoms with van der Waals surface area (Å²) in [6.45, 7) is 1.88. The second-order valence-corrected chi connectivity index (χ2v) is 8.88. The van der Waals surface area contributed by atoms with E-state index in [1.54, 1.807) is 11.1 Å². The van der Waals surface area contributed by atoms with Gasteiger partial charge in [0.1, 0.15) is 11.1 Å². The fraction of sp³-hybridized carbons (Fsp3) is 0.148. The number of anilines is 2. The third-order valence-electron chi connectivity index (χ3n) is 6.51. The Balaban J connectivity index is 1.51. The maximum Gasteiger partial charge on any atom is 0.266 e. The summed E-state index contributed by atoms with van der Waals surface area (Å²) in [7, 11) is 0. The quantitative estimate of drug-likeness (QED) is 0.303. The van der Waals surface area contributed by atoms with Crippen LogP contribution in [0.4, 0.5) is 11.4 Å². The van der Waals surface area contributed by atoms with Crippen LogP contribution in [-0.2, 0) is 14.4 Å². The zero-order valence-electron chi connectivity index (χ0n) is 18.3. The van der Waals surface area contributed by atoms with Crippen molar-refractivity contribution >= 4 is 45.7 Å². The van der Waals surface area contributed by atoms with Crippen LogP contribution in [0.3, 0.4) is 0 Å². The first-order chi connectivity index (χ1) is 16.5. The fourth-order valence-corrected chi connectivity index (χ4v) is 5.15. The molecule has 2 fully saturated rings. The molecule has 3 aromatic carbocycles. The van der Waals surface area contributed by atoms with Crippen molar-refractivity contribution in [3.8, 4) is 0 Å². The van der Waals surface area contributed by atoms with Crippen LogP contribution in [0.15, 0.2) is 84.9 Å². The number of hydroxylamine groups is 1. The largest absolute Gasteiger partial charge is 0.273 e. The monoisotopic (exact) mass is 469 g/mol. The number of carbonyl (C=O) groups is 2. The number of aromatic nitrogens is 1. The van der Waals surface area contributed by atoms with Crippen LogP contribution in [0.2, 0.25) is 5.15 Å². The Morgan fingerprint density at radius 2 is 1.59 bits per heavy atom. The van der Waals surface area contributed by atoms with Crippen LogP contribution in [0.25, 0.3) is 10.9 Å². The third-order valence-corrected chi connectivity index (χ3v) is 6.81. The van der Waals surface area contributed by atoms with Gasteiger partial charge in [-0.25, -0.2) is 14.9 Å². The summed E-state index contributed by atoms with van der Waals surface area (Å²) < 4.78 is 0. The number of halogens is 1. The van der Waals surface area contributed by atoms with Gasteiger partial charge < -0.3 is 0 Å². The second kappa shape index (κ2) is 7.94. The molecule has 2 aliphatic rings. The van der Waals surface area contributed by atoms with Crippen LogP contribution < -0.4 is 9.96 Å². The number of aryl methyl sites for hydroxylation is 1. The van der Waals surface area contributed by atoms with E-state index < -0.39 is 18.1 Å². The standard InChI is InChI=1S/C27H20ClN3O3/c1-16-9-5-8-14-21(16)30-26(32)22-23(19-15-17-10-6-7-13-20(17)29-25(19)28)31(34-24(22)27(30)33)18-11-3-2-4-12-18/h2-15,22-24H,1H3/t22-,23-,24-/m0/s1. The van der Waals surface area contributed by atoms with Crippen LogP contribution >= 0.6 is 11.6 Å². The smallest absolute Gasteiger partial charge is 0.266 e. The molecule has 0 unspecified atom stereocenters. The van der Waals surface area contributed by atoms with Gasteiger partial charge in [-0.05, 0) is 42.8 Å². The summed E-state index contributed by atoms with van der Waals surface area (Å²) in [5, 5.41) is 2.81. The Morgan fingerprint density at radius 1 is 0.882 bits per heavy atom. The van der Waals surface area contributed by atoms with Crippen molar-refractivity contribution in [1.29, 1.82) is 0 Å². The number of benzene rings is 3. The molecular weight excluding hydrogens is 450 g/mol. The summed E-state index contributed by atoms with van der Waals surface area (Å²) in [5.41, 5.74) is 3.54. The lowest BCUT2D eigenvalue weighted by molar-refractivity contribution is -0.126. The number of carbonyl (C=O) groups excluding carboxylic acids is 2. The lowest BCUT2D eigenvalue weighted by Crippen LogP contribution is -2.37. The topological polar surface area (TPSA) is 62.7 Å². The summed E-state index contributed by atoms with van der Waals surface area (Å²) in [6, 6.07) is 25.7. The van der Waals surface area contributed by atoms with Gasteiger partial charge in [0.2, 0.25) is 5.91 Å². The van der Waals surface area contributed by atoms with Gasteiger partial charge in [0.15, 0.2) is 6.10 Å². The highest BCUT2D eigenvalue weighted by molar-refractivity contribution is 6.31. The molecule has 4 aromatic rings. The molecule has 0 spiro atoms.